The maximum absolute atomic E-state index is 10.8. The molecule has 2 aromatic rings. The average molecular weight is 271 g/mol. The molecule has 2 aromatic carbocycles. The molecule has 0 aromatic heterocycles. The van der Waals surface area contributed by atoms with Gasteiger partial charge in [0.2, 0.25) is 0 Å². The topological polar surface area (TPSA) is 69.1 Å². The first-order chi connectivity index (χ1) is 9.24. The van der Waals surface area contributed by atoms with E-state index in [1.807, 2.05) is 54.6 Å². The van der Waals surface area contributed by atoms with Crippen LogP contribution in [0.4, 0.5) is 11.4 Å². The third-order valence-corrected chi connectivity index (χ3v) is 3.26. The fraction of sp³-hybridized carbons (Fsp3) is 0.0667. The second-order valence-corrected chi connectivity index (χ2v) is 4.84. The monoisotopic (exact) mass is 271 g/mol. The number of rotatable bonds is 4. The van der Waals surface area contributed by atoms with Gasteiger partial charge in [-0.2, -0.15) is 0 Å². The van der Waals surface area contributed by atoms with Crippen LogP contribution in [0.2, 0.25) is 0 Å². The summed E-state index contributed by atoms with van der Waals surface area (Å²) in [6.07, 6.45) is 2.40. The first-order valence-electron chi connectivity index (χ1n) is 5.99. The predicted molar refractivity (Wildman–Crippen MR) is 82.7 cm³/mol. The average Bonchev–Trinajstić information content (AvgIpc) is 2.42. The van der Waals surface area contributed by atoms with Crippen LogP contribution in [0.25, 0.3) is 5.57 Å². The minimum atomic E-state index is -0.374. The molecule has 1 atom stereocenters. The van der Waals surface area contributed by atoms with E-state index < -0.39 is 0 Å². The number of anilines is 2. The summed E-state index contributed by atoms with van der Waals surface area (Å²) >= 11 is 0. The zero-order valence-corrected chi connectivity index (χ0v) is 11.5. The van der Waals surface area contributed by atoms with Crippen LogP contribution in [0.15, 0.2) is 54.6 Å². The second-order valence-electron chi connectivity index (χ2n) is 4.14. The molecule has 0 fully saturated rings. The van der Waals surface area contributed by atoms with Crippen molar-refractivity contribution in [1.29, 1.82) is 0 Å². The minimum absolute atomic E-state index is 0.374. The summed E-state index contributed by atoms with van der Waals surface area (Å²) in [6, 6.07) is 15.2. The maximum Gasteiger partial charge on any atom is 0.328 e. The molecule has 4 N–H and O–H groups in total. The van der Waals surface area contributed by atoms with Gasteiger partial charge in [0, 0.05) is 22.5 Å². The van der Waals surface area contributed by atoms with E-state index in [-0.39, 0.29) is 8.46 Å². The van der Waals surface area contributed by atoms with Crippen molar-refractivity contribution < 1.29 is 4.57 Å². The molecule has 0 heterocycles. The number of allylic oxidation sites excluding steroid dienone is 1. The van der Waals surface area contributed by atoms with Gasteiger partial charge in [-0.3, -0.25) is 0 Å². The molecule has 0 saturated heterocycles. The SMILES string of the molecule is Nc1ccccc1C(=CC[PH+]=O)c1ccccc1N. The maximum atomic E-state index is 10.8. The number of para-hydroxylation sites is 2. The Morgan fingerprint density at radius 2 is 1.42 bits per heavy atom. The molecular formula is C15H16N2OP+. The fourth-order valence-electron chi connectivity index (χ4n) is 1.99. The summed E-state index contributed by atoms with van der Waals surface area (Å²) in [5.41, 5.74) is 16.2. The van der Waals surface area contributed by atoms with Crippen LogP contribution >= 0.6 is 8.46 Å². The van der Waals surface area contributed by atoms with Gasteiger partial charge < -0.3 is 11.5 Å². The van der Waals surface area contributed by atoms with Gasteiger partial charge in [-0.15, -0.1) is 0 Å². The Kier molecular flexibility index (Phi) is 4.32. The van der Waals surface area contributed by atoms with Crippen LogP contribution < -0.4 is 11.5 Å². The van der Waals surface area contributed by atoms with Crippen LogP contribution in [0.3, 0.4) is 0 Å². The van der Waals surface area contributed by atoms with E-state index in [0.29, 0.717) is 17.5 Å². The van der Waals surface area contributed by atoms with Crippen LogP contribution in [0.5, 0.6) is 0 Å². The Morgan fingerprint density at radius 1 is 0.947 bits per heavy atom. The number of hydrogen-bond donors (Lipinski definition) is 2. The van der Waals surface area contributed by atoms with Crippen LogP contribution in [-0.2, 0) is 4.57 Å². The standard InChI is InChI=1S/C15H15N2OP/c16-14-7-3-1-5-12(14)11(9-10-19-18)13-6-2-4-8-15(13)17/h1-9H,10,16-17H2/p+1. The Morgan fingerprint density at radius 3 is 1.84 bits per heavy atom. The number of nitrogens with two attached hydrogens (primary N) is 2. The fourth-order valence-corrected chi connectivity index (χ4v) is 2.28. The molecular weight excluding hydrogens is 255 g/mol. The molecule has 2 rings (SSSR count). The van der Waals surface area contributed by atoms with Crippen molar-refractivity contribution in [3.8, 4) is 0 Å². The highest BCUT2D eigenvalue weighted by atomic mass is 31.1. The van der Waals surface area contributed by atoms with Crippen molar-refractivity contribution in [2.75, 3.05) is 17.6 Å². The molecule has 1 unspecified atom stereocenters. The lowest BCUT2D eigenvalue weighted by Crippen LogP contribution is -1.99. The van der Waals surface area contributed by atoms with E-state index in [2.05, 4.69) is 0 Å². The highest BCUT2D eigenvalue weighted by Crippen LogP contribution is 2.31. The largest absolute Gasteiger partial charge is 0.398 e. The molecule has 96 valence electrons. The molecule has 0 radical (unpaired) electrons. The third kappa shape index (κ3) is 3.01. The quantitative estimate of drug-likeness (QED) is 0.662. The van der Waals surface area contributed by atoms with Crippen molar-refractivity contribution in [1.82, 2.24) is 0 Å². The summed E-state index contributed by atoms with van der Waals surface area (Å²) in [5.74, 6) is 0. The number of nitrogen functional groups attached to an aromatic ring is 2. The van der Waals surface area contributed by atoms with Gasteiger partial charge in [0.1, 0.15) is 0 Å². The molecule has 0 amide bonds. The smallest absolute Gasteiger partial charge is 0.328 e. The van der Waals surface area contributed by atoms with E-state index in [1.54, 1.807) is 0 Å². The van der Waals surface area contributed by atoms with Crippen LogP contribution in [0, 0.1) is 0 Å². The second kappa shape index (κ2) is 6.17. The lowest BCUT2D eigenvalue weighted by Gasteiger charge is -2.12. The van der Waals surface area contributed by atoms with Gasteiger partial charge >= 0.3 is 8.46 Å². The molecule has 0 saturated carbocycles. The van der Waals surface area contributed by atoms with Crippen molar-refractivity contribution >= 4 is 25.4 Å². The predicted octanol–water partition coefficient (Wildman–Crippen LogP) is 3.31. The summed E-state index contributed by atoms with van der Waals surface area (Å²) < 4.78 is 10.8. The summed E-state index contributed by atoms with van der Waals surface area (Å²) in [4.78, 5) is 0. The van der Waals surface area contributed by atoms with Gasteiger partial charge in [-0.1, -0.05) is 41.0 Å². The van der Waals surface area contributed by atoms with Gasteiger partial charge in [0.05, 0.1) is 0 Å². The molecule has 4 heteroatoms. The molecule has 0 aliphatic carbocycles. The molecule has 19 heavy (non-hydrogen) atoms. The van der Waals surface area contributed by atoms with E-state index in [4.69, 9.17) is 11.5 Å². The van der Waals surface area contributed by atoms with Crippen molar-refractivity contribution in [2.45, 2.75) is 0 Å². The lowest BCUT2D eigenvalue weighted by atomic mass is 9.95. The van der Waals surface area contributed by atoms with Crippen molar-refractivity contribution in [3.63, 3.8) is 0 Å². The van der Waals surface area contributed by atoms with E-state index in [0.717, 1.165) is 16.7 Å². The molecule has 0 bridgehead atoms. The minimum Gasteiger partial charge on any atom is -0.398 e. The van der Waals surface area contributed by atoms with E-state index in [1.165, 1.54) is 0 Å². The zero-order valence-electron chi connectivity index (χ0n) is 10.5. The van der Waals surface area contributed by atoms with Gasteiger partial charge in [0.15, 0.2) is 6.16 Å². The molecule has 0 aliphatic rings. The highest BCUT2D eigenvalue weighted by molar-refractivity contribution is 7.23. The van der Waals surface area contributed by atoms with Crippen LogP contribution in [0.1, 0.15) is 11.1 Å². The van der Waals surface area contributed by atoms with Crippen molar-refractivity contribution in [2.24, 2.45) is 0 Å². The lowest BCUT2D eigenvalue weighted by molar-refractivity contribution is 0.600. The first-order valence-corrected chi connectivity index (χ1v) is 7.10. The van der Waals surface area contributed by atoms with Gasteiger partial charge in [-0.05, 0) is 23.8 Å². The third-order valence-electron chi connectivity index (χ3n) is 2.89. The van der Waals surface area contributed by atoms with Gasteiger partial charge in [0.25, 0.3) is 0 Å². The molecule has 3 nitrogen and oxygen atoms in total. The Bertz CT molecular complexity index is 576. The zero-order chi connectivity index (χ0) is 13.7. The highest BCUT2D eigenvalue weighted by Gasteiger charge is 2.11. The van der Waals surface area contributed by atoms with Crippen LogP contribution in [-0.4, -0.2) is 6.16 Å². The number of benzene rings is 2. The van der Waals surface area contributed by atoms with Crippen molar-refractivity contribution in [3.05, 3.63) is 65.7 Å². The first kappa shape index (κ1) is 13.3. The Hall–Kier alpha value is -2.12. The normalized spacial score (nSPS) is 10.3. The van der Waals surface area contributed by atoms with E-state index in [9.17, 15) is 4.57 Å². The van der Waals surface area contributed by atoms with E-state index >= 15 is 0 Å². The van der Waals surface area contributed by atoms with Gasteiger partial charge in [-0.25, -0.2) is 0 Å². The summed E-state index contributed by atoms with van der Waals surface area (Å²) in [6.45, 7) is 0. The Labute approximate surface area is 114 Å². The summed E-state index contributed by atoms with van der Waals surface area (Å²) in [7, 11) is -0.374. The Balaban J connectivity index is 2.58. The molecule has 0 aliphatic heterocycles. The molecule has 0 spiro atoms. The number of hydrogen-bond acceptors (Lipinski definition) is 3. The summed E-state index contributed by atoms with van der Waals surface area (Å²) in [5, 5.41) is 0.